The average Bonchev–Trinajstić information content (AvgIpc) is 2.64. The lowest BCUT2D eigenvalue weighted by Crippen LogP contribution is -2.19. The largest absolute Gasteiger partial charge is 0.334 e. The molecular formula is C22H24N2S. The van der Waals surface area contributed by atoms with Crippen molar-refractivity contribution in [3.63, 3.8) is 0 Å². The fourth-order valence-electron chi connectivity index (χ4n) is 3.51. The average molecular weight is 349 g/mol. The summed E-state index contributed by atoms with van der Waals surface area (Å²) in [6.45, 7) is 2.15. The first-order chi connectivity index (χ1) is 12.3. The summed E-state index contributed by atoms with van der Waals surface area (Å²) in [7, 11) is 0. The van der Waals surface area contributed by atoms with Crippen molar-refractivity contribution < 1.29 is 0 Å². The molecule has 2 aromatic carbocycles. The zero-order valence-electron chi connectivity index (χ0n) is 14.7. The SMILES string of the molecule is Cc1ccc2c(c1)/C(=C/c1ccccc1)SC(=NC1CCCCC1)N2. The van der Waals surface area contributed by atoms with Crippen LogP contribution in [0.3, 0.4) is 0 Å². The smallest absolute Gasteiger partial charge is 0.166 e. The fourth-order valence-corrected chi connectivity index (χ4v) is 4.56. The topological polar surface area (TPSA) is 24.4 Å². The molecular weight excluding hydrogens is 324 g/mol. The molecule has 0 saturated heterocycles. The van der Waals surface area contributed by atoms with Crippen LogP contribution >= 0.6 is 11.8 Å². The van der Waals surface area contributed by atoms with Gasteiger partial charge in [0, 0.05) is 16.2 Å². The van der Waals surface area contributed by atoms with Gasteiger partial charge in [-0.05, 0) is 43.5 Å². The number of rotatable bonds is 2. The van der Waals surface area contributed by atoms with E-state index in [1.165, 1.54) is 59.4 Å². The van der Waals surface area contributed by atoms with Crippen LogP contribution in [0.5, 0.6) is 0 Å². The normalized spacial score (nSPS) is 21.2. The lowest BCUT2D eigenvalue weighted by Gasteiger charge is -2.25. The Morgan fingerprint density at radius 3 is 2.64 bits per heavy atom. The number of amidine groups is 1. The van der Waals surface area contributed by atoms with Crippen molar-refractivity contribution in [2.45, 2.75) is 45.1 Å². The summed E-state index contributed by atoms with van der Waals surface area (Å²) in [5, 5.41) is 4.61. The number of hydrogen-bond donors (Lipinski definition) is 1. The Morgan fingerprint density at radius 1 is 1.04 bits per heavy atom. The predicted octanol–water partition coefficient (Wildman–Crippen LogP) is 6.34. The number of nitrogens with one attached hydrogen (secondary N) is 1. The van der Waals surface area contributed by atoms with Crippen LogP contribution in [0.25, 0.3) is 11.0 Å². The Bertz CT molecular complexity index is 802. The van der Waals surface area contributed by atoms with Crippen molar-refractivity contribution in [2.75, 3.05) is 5.32 Å². The molecule has 3 heteroatoms. The molecule has 1 heterocycles. The monoisotopic (exact) mass is 348 g/mol. The molecule has 0 unspecified atom stereocenters. The second kappa shape index (κ2) is 7.49. The highest BCUT2D eigenvalue weighted by molar-refractivity contribution is 8.22. The second-order valence-electron chi connectivity index (χ2n) is 6.92. The van der Waals surface area contributed by atoms with E-state index < -0.39 is 0 Å². The van der Waals surface area contributed by atoms with Gasteiger partial charge in [0.05, 0.1) is 6.04 Å². The van der Waals surface area contributed by atoms with Gasteiger partial charge in [0.2, 0.25) is 0 Å². The Balaban J connectivity index is 1.70. The zero-order chi connectivity index (χ0) is 17.1. The molecule has 2 aromatic rings. The van der Waals surface area contributed by atoms with Crippen molar-refractivity contribution in [3.8, 4) is 0 Å². The van der Waals surface area contributed by atoms with Gasteiger partial charge in [-0.25, -0.2) is 0 Å². The summed E-state index contributed by atoms with van der Waals surface area (Å²) in [6.07, 6.45) is 8.72. The molecule has 25 heavy (non-hydrogen) atoms. The molecule has 0 radical (unpaired) electrons. The van der Waals surface area contributed by atoms with E-state index in [1.807, 2.05) is 0 Å². The maximum Gasteiger partial charge on any atom is 0.166 e. The predicted molar refractivity (Wildman–Crippen MR) is 111 cm³/mol. The lowest BCUT2D eigenvalue weighted by atomic mass is 9.96. The van der Waals surface area contributed by atoms with Crippen LogP contribution in [0.2, 0.25) is 0 Å². The molecule has 2 nitrogen and oxygen atoms in total. The van der Waals surface area contributed by atoms with Gasteiger partial charge in [-0.1, -0.05) is 73.0 Å². The molecule has 0 spiro atoms. The van der Waals surface area contributed by atoms with Crippen molar-refractivity contribution in [3.05, 3.63) is 65.2 Å². The molecule has 1 aliphatic carbocycles. The second-order valence-corrected chi connectivity index (χ2v) is 7.95. The van der Waals surface area contributed by atoms with E-state index in [9.17, 15) is 0 Å². The first-order valence-corrected chi connectivity index (χ1v) is 10.00. The molecule has 128 valence electrons. The molecule has 1 N–H and O–H groups in total. The first-order valence-electron chi connectivity index (χ1n) is 9.18. The Morgan fingerprint density at radius 2 is 1.84 bits per heavy atom. The van der Waals surface area contributed by atoms with E-state index in [2.05, 4.69) is 66.8 Å². The molecule has 2 aliphatic rings. The van der Waals surface area contributed by atoms with E-state index >= 15 is 0 Å². The molecule has 4 rings (SSSR count). The number of anilines is 1. The van der Waals surface area contributed by atoms with Crippen LogP contribution < -0.4 is 5.32 Å². The lowest BCUT2D eigenvalue weighted by molar-refractivity contribution is 0.444. The van der Waals surface area contributed by atoms with Gasteiger partial charge in [-0.15, -0.1) is 0 Å². The molecule has 0 bridgehead atoms. The summed E-state index contributed by atoms with van der Waals surface area (Å²) < 4.78 is 0. The third-order valence-corrected chi connectivity index (χ3v) is 5.82. The van der Waals surface area contributed by atoms with Gasteiger partial charge in [0.15, 0.2) is 5.17 Å². The van der Waals surface area contributed by atoms with Crippen LogP contribution in [0.1, 0.15) is 48.8 Å². The van der Waals surface area contributed by atoms with Crippen molar-refractivity contribution in [1.82, 2.24) is 0 Å². The highest BCUT2D eigenvalue weighted by atomic mass is 32.2. The summed E-state index contributed by atoms with van der Waals surface area (Å²) in [5.74, 6) is 0. The number of thioether (sulfide) groups is 1. The standard InChI is InChI=1S/C22H24N2S/c1-16-12-13-20-19(14-16)21(15-17-8-4-2-5-9-17)25-22(24-20)23-18-10-6-3-7-11-18/h2,4-5,8-9,12-15,18H,3,6-7,10-11H2,1H3,(H,23,24)/b21-15-. The Labute approximate surface area is 154 Å². The minimum Gasteiger partial charge on any atom is -0.334 e. The van der Waals surface area contributed by atoms with Gasteiger partial charge in [0.25, 0.3) is 0 Å². The minimum absolute atomic E-state index is 0.480. The van der Waals surface area contributed by atoms with Crippen molar-refractivity contribution in [1.29, 1.82) is 0 Å². The van der Waals surface area contributed by atoms with Gasteiger partial charge in [0.1, 0.15) is 0 Å². The van der Waals surface area contributed by atoms with Gasteiger partial charge < -0.3 is 5.32 Å². The van der Waals surface area contributed by atoms with Crippen LogP contribution in [0.15, 0.2) is 53.5 Å². The summed E-state index contributed by atoms with van der Waals surface area (Å²) in [4.78, 5) is 6.31. The number of aliphatic imine (C=N–C) groups is 1. The number of nitrogens with zero attached hydrogens (tertiary/aromatic N) is 1. The third-order valence-electron chi connectivity index (χ3n) is 4.86. The van der Waals surface area contributed by atoms with Crippen molar-refractivity contribution >= 4 is 33.6 Å². The summed E-state index contributed by atoms with van der Waals surface area (Å²) in [6, 6.07) is 17.6. The number of hydrogen-bond acceptors (Lipinski definition) is 2. The third kappa shape index (κ3) is 3.98. The zero-order valence-corrected chi connectivity index (χ0v) is 15.5. The van der Waals surface area contributed by atoms with E-state index in [-0.39, 0.29) is 0 Å². The van der Waals surface area contributed by atoms with Crippen LogP contribution in [0.4, 0.5) is 5.69 Å². The molecule has 0 amide bonds. The number of fused-ring (bicyclic) bond motifs is 1. The number of aryl methyl sites for hydroxylation is 1. The van der Waals surface area contributed by atoms with Crippen molar-refractivity contribution in [2.24, 2.45) is 4.99 Å². The quantitative estimate of drug-likeness (QED) is 0.684. The molecule has 1 aliphatic heterocycles. The maximum atomic E-state index is 5.04. The van der Waals surface area contributed by atoms with E-state index in [4.69, 9.17) is 4.99 Å². The van der Waals surface area contributed by atoms with Crippen LogP contribution in [0, 0.1) is 6.92 Å². The molecule has 1 saturated carbocycles. The summed E-state index contributed by atoms with van der Waals surface area (Å²) in [5.41, 5.74) is 4.96. The van der Waals surface area contributed by atoms with E-state index in [0.717, 1.165) is 5.17 Å². The Kier molecular flexibility index (Phi) is 4.93. The van der Waals surface area contributed by atoms with Gasteiger partial charge in [-0.3, -0.25) is 4.99 Å². The fraction of sp³-hybridized carbons (Fsp3) is 0.318. The molecule has 0 aromatic heterocycles. The van der Waals surface area contributed by atoms with E-state index in [0.29, 0.717) is 6.04 Å². The minimum atomic E-state index is 0.480. The highest BCUT2D eigenvalue weighted by Gasteiger charge is 2.21. The first kappa shape index (κ1) is 16.5. The summed E-state index contributed by atoms with van der Waals surface area (Å²) >= 11 is 1.77. The highest BCUT2D eigenvalue weighted by Crippen LogP contribution is 2.41. The Hall–Kier alpha value is -2.00. The maximum absolute atomic E-state index is 5.04. The van der Waals surface area contributed by atoms with Crippen LogP contribution in [-0.4, -0.2) is 11.2 Å². The molecule has 1 fully saturated rings. The van der Waals surface area contributed by atoms with Gasteiger partial charge >= 0.3 is 0 Å². The van der Waals surface area contributed by atoms with E-state index in [1.54, 1.807) is 11.8 Å². The van der Waals surface area contributed by atoms with Gasteiger partial charge in [-0.2, -0.15) is 0 Å². The molecule has 0 atom stereocenters. The number of benzene rings is 2. The van der Waals surface area contributed by atoms with Crippen LogP contribution in [-0.2, 0) is 0 Å².